The maximum absolute atomic E-state index is 11.5. The second-order valence-electron chi connectivity index (χ2n) is 4.69. The molecule has 0 unspecified atom stereocenters. The number of carbonyl (C=O) groups is 2. The van der Waals surface area contributed by atoms with Crippen LogP contribution in [-0.4, -0.2) is 22.6 Å². The molecule has 0 saturated carbocycles. The number of nitrogens with one attached hydrogen (secondary N) is 2. The van der Waals surface area contributed by atoms with Gasteiger partial charge in [0.25, 0.3) is 0 Å². The first-order chi connectivity index (χ1) is 8.22. The summed E-state index contributed by atoms with van der Waals surface area (Å²) in [6.07, 6.45) is 0. The van der Waals surface area contributed by atoms with Crippen LogP contribution in [0.2, 0.25) is 0 Å². The molecule has 0 aliphatic rings. The average molecular weight is 270 g/mol. The Balaban J connectivity index is 2.49. The Kier molecular flexibility index (Phi) is 4.34. The van der Waals surface area contributed by atoms with Crippen LogP contribution in [0.5, 0.6) is 0 Å². The summed E-state index contributed by atoms with van der Waals surface area (Å²) in [5.74, 6) is -1.07. The predicted octanol–water partition coefficient (Wildman–Crippen LogP) is 2.03. The van der Waals surface area contributed by atoms with Gasteiger partial charge in [-0.2, -0.15) is 0 Å². The molecule has 1 aromatic rings. The van der Waals surface area contributed by atoms with E-state index >= 15 is 0 Å². The highest BCUT2D eigenvalue weighted by molar-refractivity contribution is 7.12. The molecular formula is C12H18N2O3S. The lowest BCUT2D eigenvalue weighted by Gasteiger charge is -2.21. The summed E-state index contributed by atoms with van der Waals surface area (Å²) in [7, 11) is 0. The number of hydrogen-bond acceptors (Lipinski definition) is 3. The smallest absolute Gasteiger partial charge is 0.328 e. The number of hydrogen-bond donors (Lipinski definition) is 3. The molecule has 100 valence electrons. The van der Waals surface area contributed by atoms with Gasteiger partial charge < -0.3 is 15.7 Å². The molecule has 0 aliphatic carbocycles. The van der Waals surface area contributed by atoms with Gasteiger partial charge in [-0.25, -0.2) is 9.59 Å². The van der Waals surface area contributed by atoms with Crippen LogP contribution in [-0.2, 0) is 11.3 Å². The molecule has 1 rings (SSSR count). The van der Waals surface area contributed by atoms with Crippen LogP contribution in [0.4, 0.5) is 4.79 Å². The fourth-order valence-electron chi connectivity index (χ4n) is 1.29. The molecule has 0 bridgehead atoms. The Morgan fingerprint density at radius 2 is 2.00 bits per heavy atom. The Bertz CT molecular complexity index is 446. The number of urea groups is 1. The molecule has 0 fully saturated rings. The van der Waals surface area contributed by atoms with Crippen LogP contribution >= 0.6 is 11.3 Å². The quantitative estimate of drug-likeness (QED) is 0.783. The van der Waals surface area contributed by atoms with Crippen molar-refractivity contribution >= 4 is 23.3 Å². The number of rotatable bonds is 4. The molecule has 6 heteroatoms. The molecule has 5 nitrogen and oxygen atoms in total. The van der Waals surface area contributed by atoms with Crippen LogP contribution in [0.25, 0.3) is 0 Å². The third-order valence-corrected chi connectivity index (χ3v) is 3.75. The van der Waals surface area contributed by atoms with Crippen molar-refractivity contribution in [3.05, 3.63) is 21.4 Å². The monoisotopic (exact) mass is 270 g/mol. The second-order valence-corrected chi connectivity index (χ2v) is 6.03. The van der Waals surface area contributed by atoms with Gasteiger partial charge in [0.2, 0.25) is 0 Å². The van der Waals surface area contributed by atoms with Crippen LogP contribution < -0.4 is 10.6 Å². The zero-order valence-electron chi connectivity index (χ0n) is 11.0. The van der Waals surface area contributed by atoms with Crippen molar-refractivity contribution in [3.8, 4) is 0 Å². The maximum atomic E-state index is 11.5. The lowest BCUT2D eigenvalue weighted by molar-refractivity contribution is -0.142. The average Bonchev–Trinajstić information content (AvgIpc) is 2.55. The van der Waals surface area contributed by atoms with Crippen LogP contribution in [0.3, 0.4) is 0 Å². The topological polar surface area (TPSA) is 78.4 Å². The number of carboxylic acid groups (broad SMARTS) is 1. The van der Waals surface area contributed by atoms with Crippen molar-refractivity contribution in [2.45, 2.75) is 39.8 Å². The summed E-state index contributed by atoms with van der Waals surface area (Å²) in [5.41, 5.74) is -0.0752. The minimum atomic E-state index is -1.27. The minimum absolute atomic E-state index is 0.404. The van der Waals surface area contributed by atoms with Crippen molar-refractivity contribution in [2.75, 3.05) is 0 Å². The summed E-state index contributed by atoms with van der Waals surface area (Å²) in [6.45, 7) is 7.32. The molecule has 0 spiro atoms. The van der Waals surface area contributed by atoms with Gasteiger partial charge in [0.1, 0.15) is 5.54 Å². The van der Waals surface area contributed by atoms with Gasteiger partial charge in [-0.15, -0.1) is 11.3 Å². The van der Waals surface area contributed by atoms with Gasteiger partial charge >= 0.3 is 12.0 Å². The fourth-order valence-corrected chi connectivity index (χ4v) is 2.28. The number of carbonyl (C=O) groups excluding carboxylic acids is 1. The molecule has 0 aliphatic heterocycles. The van der Waals surface area contributed by atoms with Gasteiger partial charge in [0.15, 0.2) is 0 Å². The van der Waals surface area contributed by atoms with Crippen molar-refractivity contribution in [1.29, 1.82) is 0 Å². The predicted molar refractivity (Wildman–Crippen MR) is 70.9 cm³/mol. The van der Waals surface area contributed by atoms with Crippen molar-refractivity contribution in [3.63, 3.8) is 0 Å². The van der Waals surface area contributed by atoms with Crippen LogP contribution in [0.15, 0.2) is 6.07 Å². The molecule has 0 aromatic carbocycles. The van der Waals surface area contributed by atoms with E-state index in [1.807, 2.05) is 19.9 Å². The van der Waals surface area contributed by atoms with E-state index in [4.69, 9.17) is 5.11 Å². The van der Waals surface area contributed by atoms with Gasteiger partial charge in [-0.3, -0.25) is 0 Å². The van der Waals surface area contributed by atoms with E-state index in [-0.39, 0.29) is 0 Å². The first kappa shape index (κ1) is 14.5. The Morgan fingerprint density at radius 1 is 1.39 bits per heavy atom. The number of thiophene rings is 1. The molecule has 1 heterocycles. The third kappa shape index (κ3) is 3.73. The molecule has 2 amide bonds. The summed E-state index contributed by atoms with van der Waals surface area (Å²) >= 11 is 1.62. The number of aryl methyl sites for hydroxylation is 2. The number of carboxylic acids is 1. The van der Waals surface area contributed by atoms with E-state index in [0.717, 1.165) is 4.88 Å². The third-order valence-electron chi connectivity index (χ3n) is 2.60. The largest absolute Gasteiger partial charge is 0.480 e. The van der Waals surface area contributed by atoms with Crippen LogP contribution in [0.1, 0.15) is 29.2 Å². The highest BCUT2D eigenvalue weighted by Crippen LogP contribution is 2.20. The van der Waals surface area contributed by atoms with Crippen LogP contribution in [0, 0.1) is 13.8 Å². The van der Waals surface area contributed by atoms with E-state index in [1.54, 1.807) is 11.3 Å². The molecule has 18 heavy (non-hydrogen) atoms. The standard InChI is InChI=1S/C12H18N2O3S/c1-7-5-9(18-8(7)2)6-13-11(17)14-12(3,4)10(15)16/h5H,6H2,1-4H3,(H,15,16)(H2,13,14,17). The summed E-state index contributed by atoms with van der Waals surface area (Å²) in [5, 5.41) is 13.9. The van der Waals surface area contributed by atoms with Crippen molar-refractivity contribution < 1.29 is 14.7 Å². The molecular weight excluding hydrogens is 252 g/mol. The maximum Gasteiger partial charge on any atom is 0.328 e. The zero-order valence-corrected chi connectivity index (χ0v) is 11.8. The summed E-state index contributed by atoms with van der Waals surface area (Å²) < 4.78 is 0. The Labute approximate surface area is 110 Å². The Morgan fingerprint density at radius 3 is 2.44 bits per heavy atom. The fraction of sp³-hybridized carbons (Fsp3) is 0.500. The van der Waals surface area contributed by atoms with Gasteiger partial charge in [-0.1, -0.05) is 0 Å². The Hall–Kier alpha value is -1.56. The highest BCUT2D eigenvalue weighted by atomic mass is 32.1. The van der Waals surface area contributed by atoms with E-state index in [1.165, 1.54) is 24.3 Å². The first-order valence-electron chi connectivity index (χ1n) is 5.57. The first-order valence-corrected chi connectivity index (χ1v) is 6.39. The summed E-state index contributed by atoms with van der Waals surface area (Å²) in [4.78, 5) is 24.7. The van der Waals surface area contributed by atoms with Gasteiger partial charge in [0, 0.05) is 9.75 Å². The number of aliphatic carboxylic acids is 1. The lowest BCUT2D eigenvalue weighted by atomic mass is 10.1. The molecule has 0 atom stereocenters. The lowest BCUT2D eigenvalue weighted by Crippen LogP contribution is -2.52. The van der Waals surface area contributed by atoms with Crippen molar-refractivity contribution in [2.24, 2.45) is 0 Å². The van der Waals surface area contributed by atoms with E-state index in [0.29, 0.717) is 6.54 Å². The molecule has 0 saturated heterocycles. The minimum Gasteiger partial charge on any atom is -0.480 e. The number of amides is 2. The van der Waals surface area contributed by atoms with E-state index < -0.39 is 17.5 Å². The highest BCUT2D eigenvalue weighted by Gasteiger charge is 2.28. The normalized spacial score (nSPS) is 11.1. The molecule has 1 aromatic heterocycles. The zero-order chi connectivity index (χ0) is 13.9. The summed E-state index contributed by atoms with van der Waals surface area (Å²) in [6, 6.07) is 1.54. The van der Waals surface area contributed by atoms with Gasteiger partial charge in [-0.05, 0) is 39.3 Å². The molecule has 0 radical (unpaired) electrons. The molecule has 3 N–H and O–H groups in total. The van der Waals surface area contributed by atoms with E-state index in [9.17, 15) is 9.59 Å². The SMILES string of the molecule is Cc1cc(CNC(=O)NC(C)(C)C(=O)O)sc1C. The van der Waals surface area contributed by atoms with Gasteiger partial charge in [0.05, 0.1) is 6.54 Å². The van der Waals surface area contributed by atoms with E-state index in [2.05, 4.69) is 10.6 Å². The second kappa shape index (κ2) is 5.39. The van der Waals surface area contributed by atoms with Crippen molar-refractivity contribution in [1.82, 2.24) is 10.6 Å².